The molecular formula is C14H30B2N2S. The zero-order valence-corrected chi connectivity index (χ0v) is 14.7. The number of hydrogen-bond acceptors (Lipinski definition) is 3. The number of rotatable bonds is 6. The van der Waals surface area contributed by atoms with Gasteiger partial charge >= 0.3 is 12.3 Å². The molecule has 1 aliphatic rings. The predicted molar refractivity (Wildman–Crippen MR) is 92.5 cm³/mol. The second-order valence-electron chi connectivity index (χ2n) is 6.57. The minimum absolute atomic E-state index is 0.519. The minimum Gasteiger partial charge on any atom is -0.325 e. The Bertz CT molecular complexity index is 262. The Morgan fingerprint density at radius 1 is 0.632 bits per heavy atom. The van der Waals surface area contributed by atoms with Gasteiger partial charge in [0.1, 0.15) is 0 Å². The highest BCUT2D eigenvalue weighted by atomic mass is 32.2. The van der Waals surface area contributed by atoms with Gasteiger partial charge in [0.25, 0.3) is 0 Å². The summed E-state index contributed by atoms with van der Waals surface area (Å²) < 4.78 is 0. The standard InChI is InChI=1S/C14H30B2N2S/c1-11(2)17(12(3)4)15-9-10-16(19-15)18(13(5)6)14(7)8/h9-14H,1-8H3. The van der Waals surface area contributed by atoms with E-state index in [0.29, 0.717) is 36.4 Å². The van der Waals surface area contributed by atoms with Crippen LogP contribution in [0.3, 0.4) is 0 Å². The third kappa shape index (κ3) is 4.30. The van der Waals surface area contributed by atoms with Crippen LogP contribution in [0.1, 0.15) is 55.4 Å². The highest BCUT2D eigenvalue weighted by Gasteiger charge is 2.38. The Labute approximate surface area is 125 Å². The van der Waals surface area contributed by atoms with Crippen LogP contribution in [0.25, 0.3) is 0 Å². The summed E-state index contributed by atoms with van der Waals surface area (Å²) >= 11 is 2.08. The smallest absolute Gasteiger partial charge is 0.309 e. The normalized spacial score (nSPS) is 16.5. The molecule has 1 rings (SSSR count). The summed E-state index contributed by atoms with van der Waals surface area (Å²) in [6.07, 6.45) is 1.04. The van der Waals surface area contributed by atoms with E-state index in [2.05, 4.69) is 88.4 Å². The lowest BCUT2D eigenvalue weighted by molar-refractivity contribution is 0.312. The van der Waals surface area contributed by atoms with Gasteiger partial charge in [-0.3, -0.25) is 0 Å². The highest BCUT2D eigenvalue weighted by Crippen LogP contribution is 2.30. The molecule has 0 aliphatic carbocycles. The highest BCUT2D eigenvalue weighted by molar-refractivity contribution is 8.46. The van der Waals surface area contributed by atoms with Gasteiger partial charge in [-0.15, -0.1) is 0 Å². The van der Waals surface area contributed by atoms with Crippen LogP contribution in [0.4, 0.5) is 0 Å². The zero-order chi connectivity index (χ0) is 14.7. The van der Waals surface area contributed by atoms with Gasteiger partial charge in [0.2, 0.25) is 0 Å². The lowest BCUT2D eigenvalue weighted by Crippen LogP contribution is -2.49. The first kappa shape index (κ1) is 17.2. The third-order valence-corrected chi connectivity index (χ3v) is 5.05. The Hall–Kier alpha value is 0.140. The Morgan fingerprint density at radius 3 is 1.11 bits per heavy atom. The van der Waals surface area contributed by atoms with Crippen LogP contribution in [0.5, 0.6) is 0 Å². The first-order chi connectivity index (χ1) is 8.75. The largest absolute Gasteiger partial charge is 0.325 e. The van der Waals surface area contributed by atoms with E-state index >= 15 is 0 Å². The van der Waals surface area contributed by atoms with Gasteiger partial charge in [-0.05, 0) is 24.2 Å². The van der Waals surface area contributed by atoms with Crippen LogP contribution in [-0.4, -0.2) is 46.0 Å². The van der Waals surface area contributed by atoms with E-state index in [0.717, 1.165) is 0 Å². The summed E-state index contributed by atoms with van der Waals surface area (Å²) in [5.41, 5.74) is 0. The van der Waals surface area contributed by atoms with Crippen LogP contribution >= 0.6 is 11.5 Å². The van der Waals surface area contributed by atoms with E-state index in [1.54, 1.807) is 0 Å². The summed E-state index contributed by atoms with van der Waals surface area (Å²) in [5, 5.41) is 0. The fourth-order valence-electron chi connectivity index (χ4n) is 3.13. The maximum atomic E-state index is 2.60. The van der Waals surface area contributed by atoms with Crippen molar-refractivity contribution < 1.29 is 0 Å². The molecule has 2 nitrogen and oxygen atoms in total. The number of hydrogen-bond donors (Lipinski definition) is 0. The Morgan fingerprint density at radius 2 is 0.895 bits per heavy atom. The summed E-state index contributed by atoms with van der Waals surface area (Å²) in [6.45, 7) is 18.4. The first-order valence-electron chi connectivity index (χ1n) is 7.64. The summed E-state index contributed by atoms with van der Waals surface area (Å²) in [7, 11) is 0. The van der Waals surface area contributed by atoms with Crippen molar-refractivity contribution in [1.82, 2.24) is 9.62 Å². The van der Waals surface area contributed by atoms with Crippen molar-refractivity contribution in [2.75, 3.05) is 0 Å². The van der Waals surface area contributed by atoms with Gasteiger partial charge in [0, 0.05) is 0 Å². The molecule has 0 unspecified atom stereocenters. The van der Waals surface area contributed by atoms with Crippen molar-refractivity contribution in [3.8, 4) is 0 Å². The fourth-order valence-corrected chi connectivity index (χ4v) is 5.03. The first-order valence-corrected chi connectivity index (χ1v) is 8.58. The lowest BCUT2D eigenvalue weighted by Gasteiger charge is -2.37. The number of nitrogens with zero attached hydrogens (tertiary/aromatic N) is 2. The third-order valence-electron chi connectivity index (χ3n) is 3.69. The molecule has 0 saturated carbocycles. The van der Waals surface area contributed by atoms with E-state index in [1.807, 2.05) is 0 Å². The van der Waals surface area contributed by atoms with Crippen LogP contribution in [0, 0.1) is 0 Å². The second-order valence-corrected chi connectivity index (χ2v) is 7.81. The summed E-state index contributed by atoms with van der Waals surface area (Å²) in [5.74, 6) is 4.79. The van der Waals surface area contributed by atoms with Gasteiger partial charge in [-0.1, -0.05) is 67.3 Å². The van der Waals surface area contributed by atoms with Crippen molar-refractivity contribution in [2.24, 2.45) is 0 Å². The molecular weight excluding hydrogens is 250 g/mol. The van der Waals surface area contributed by atoms with Gasteiger partial charge in [-0.2, -0.15) is 0 Å². The summed E-state index contributed by atoms with van der Waals surface area (Å²) in [4.78, 5) is 5.19. The lowest BCUT2D eigenvalue weighted by atomic mass is 9.79. The van der Waals surface area contributed by atoms with Gasteiger partial charge in [0.05, 0.1) is 0 Å². The molecule has 0 amide bonds. The zero-order valence-electron chi connectivity index (χ0n) is 13.9. The molecule has 0 aromatic carbocycles. The second kappa shape index (κ2) is 7.23. The molecule has 108 valence electrons. The van der Waals surface area contributed by atoms with E-state index in [1.165, 1.54) is 0 Å². The molecule has 0 aromatic rings. The van der Waals surface area contributed by atoms with Crippen molar-refractivity contribution in [2.45, 2.75) is 79.6 Å². The van der Waals surface area contributed by atoms with Gasteiger partial charge < -0.3 is 9.62 Å². The van der Waals surface area contributed by atoms with Crippen LogP contribution in [0.15, 0.2) is 12.0 Å². The maximum Gasteiger partial charge on any atom is 0.309 e. The molecule has 0 saturated heterocycles. The molecule has 0 radical (unpaired) electrons. The molecule has 0 fully saturated rings. The molecule has 0 atom stereocenters. The van der Waals surface area contributed by atoms with Gasteiger partial charge in [-0.25, -0.2) is 11.5 Å². The van der Waals surface area contributed by atoms with Crippen LogP contribution in [-0.2, 0) is 0 Å². The molecule has 0 aromatic heterocycles. The molecule has 0 N–H and O–H groups in total. The van der Waals surface area contributed by atoms with E-state index in [4.69, 9.17) is 0 Å². The maximum absolute atomic E-state index is 2.60. The quantitative estimate of drug-likeness (QED) is 0.687. The fraction of sp³-hybridized carbons (Fsp3) is 0.857. The van der Waals surface area contributed by atoms with Crippen molar-refractivity contribution in [1.29, 1.82) is 0 Å². The van der Waals surface area contributed by atoms with E-state index in [9.17, 15) is 0 Å². The average molecular weight is 280 g/mol. The molecule has 1 heterocycles. The van der Waals surface area contributed by atoms with E-state index < -0.39 is 0 Å². The Kier molecular flexibility index (Phi) is 6.55. The molecule has 0 spiro atoms. The molecule has 5 heteroatoms. The predicted octanol–water partition coefficient (Wildman–Crippen LogP) is 3.58. The molecule has 0 bridgehead atoms. The van der Waals surface area contributed by atoms with Crippen molar-refractivity contribution >= 4 is 23.7 Å². The van der Waals surface area contributed by atoms with E-state index in [-0.39, 0.29) is 0 Å². The molecule has 19 heavy (non-hydrogen) atoms. The Balaban J connectivity index is 2.75. The average Bonchev–Trinajstić information content (AvgIpc) is 2.64. The van der Waals surface area contributed by atoms with Gasteiger partial charge in [0.15, 0.2) is 0 Å². The van der Waals surface area contributed by atoms with Crippen LogP contribution in [0.2, 0.25) is 0 Å². The van der Waals surface area contributed by atoms with Crippen molar-refractivity contribution in [3.63, 3.8) is 0 Å². The molecule has 1 aliphatic heterocycles. The minimum atomic E-state index is 0.519. The summed E-state index contributed by atoms with van der Waals surface area (Å²) in [6, 6.07) is 2.36. The monoisotopic (exact) mass is 280 g/mol. The van der Waals surface area contributed by atoms with Crippen molar-refractivity contribution in [3.05, 3.63) is 12.0 Å². The SMILES string of the molecule is CC(C)N(B1C=CB(N(C(C)C)C(C)C)S1)C(C)C. The van der Waals surface area contributed by atoms with Crippen LogP contribution < -0.4 is 0 Å². The topological polar surface area (TPSA) is 6.48 Å².